The second-order valence-corrected chi connectivity index (χ2v) is 6.70. The largest absolute Gasteiger partial charge is 0.416 e. The number of hydrogen-bond donors (Lipinski definition) is 2. The summed E-state index contributed by atoms with van der Waals surface area (Å²) in [5.41, 5.74) is -1.03. The Morgan fingerprint density at radius 1 is 1.33 bits per heavy atom. The van der Waals surface area contributed by atoms with Gasteiger partial charge >= 0.3 is 6.18 Å². The summed E-state index contributed by atoms with van der Waals surface area (Å²) in [6, 6.07) is 3.52. The third-order valence-electron chi connectivity index (χ3n) is 2.74. The van der Waals surface area contributed by atoms with E-state index in [0.29, 0.717) is 12.6 Å². The van der Waals surface area contributed by atoms with Crippen molar-refractivity contribution >= 4 is 9.84 Å². The molecule has 0 radical (unpaired) electrons. The lowest BCUT2D eigenvalue weighted by molar-refractivity contribution is -0.137. The normalized spacial score (nSPS) is 14.1. The highest BCUT2D eigenvalue weighted by molar-refractivity contribution is 7.91. The molecule has 1 unspecified atom stereocenters. The molecule has 0 heterocycles. The molecule has 8 heteroatoms. The Morgan fingerprint density at radius 3 is 2.57 bits per heavy atom. The van der Waals surface area contributed by atoms with E-state index in [1.807, 2.05) is 6.92 Å². The van der Waals surface area contributed by atoms with Gasteiger partial charge in [-0.25, -0.2) is 8.42 Å². The molecule has 0 saturated carbocycles. The summed E-state index contributed by atoms with van der Waals surface area (Å²) in [6.07, 6.45) is -4.95. The molecular weight excluding hydrogens is 307 g/mol. The molecule has 1 rings (SSSR count). The number of alkyl halides is 3. The molecule has 1 aromatic rings. The molecule has 1 aromatic carbocycles. The molecule has 0 bridgehead atoms. The van der Waals surface area contributed by atoms with Crippen molar-refractivity contribution in [3.8, 4) is 0 Å². The SMILES string of the molecule is CCCNCC(O)CS(=O)(=O)c1cccc(C(F)(F)F)c1. The third kappa shape index (κ3) is 5.64. The molecule has 0 saturated heterocycles. The smallest absolute Gasteiger partial charge is 0.391 e. The summed E-state index contributed by atoms with van der Waals surface area (Å²) < 4.78 is 61.7. The first-order chi connectivity index (χ1) is 9.66. The van der Waals surface area contributed by atoms with Gasteiger partial charge in [-0.15, -0.1) is 0 Å². The second kappa shape index (κ2) is 7.24. The third-order valence-corrected chi connectivity index (χ3v) is 4.53. The predicted molar refractivity (Wildman–Crippen MR) is 72.7 cm³/mol. The number of nitrogens with one attached hydrogen (secondary N) is 1. The average molecular weight is 325 g/mol. The number of sulfone groups is 1. The van der Waals surface area contributed by atoms with E-state index in [9.17, 15) is 26.7 Å². The minimum Gasteiger partial charge on any atom is -0.391 e. The van der Waals surface area contributed by atoms with Crippen molar-refractivity contribution in [2.75, 3.05) is 18.8 Å². The predicted octanol–water partition coefficient (Wildman–Crippen LogP) is 1.84. The van der Waals surface area contributed by atoms with E-state index >= 15 is 0 Å². The van der Waals surface area contributed by atoms with E-state index in [1.54, 1.807) is 0 Å². The Kier molecular flexibility index (Phi) is 6.18. The van der Waals surface area contributed by atoms with Crippen molar-refractivity contribution in [2.45, 2.75) is 30.5 Å². The van der Waals surface area contributed by atoms with E-state index < -0.39 is 38.3 Å². The van der Waals surface area contributed by atoms with Crippen LogP contribution in [0, 0.1) is 0 Å². The zero-order valence-corrected chi connectivity index (χ0v) is 12.3. The summed E-state index contributed by atoms with van der Waals surface area (Å²) in [5.74, 6) is -0.620. The molecule has 0 amide bonds. The number of benzene rings is 1. The number of aliphatic hydroxyl groups excluding tert-OH is 1. The first kappa shape index (κ1) is 17.9. The highest BCUT2D eigenvalue weighted by Crippen LogP contribution is 2.30. The zero-order valence-electron chi connectivity index (χ0n) is 11.5. The van der Waals surface area contributed by atoms with E-state index in [-0.39, 0.29) is 6.54 Å². The number of halogens is 3. The summed E-state index contributed by atoms with van der Waals surface area (Å²) >= 11 is 0. The molecule has 0 aliphatic rings. The monoisotopic (exact) mass is 325 g/mol. The van der Waals surface area contributed by atoms with Crippen LogP contribution in [0.1, 0.15) is 18.9 Å². The highest BCUT2D eigenvalue weighted by Gasteiger charge is 2.32. The van der Waals surface area contributed by atoms with Gasteiger partial charge in [0.05, 0.1) is 22.3 Å². The first-order valence-electron chi connectivity index (χ1n) is 6.45. The van der Waals surface area contributed by atoms with Gasteiger partial charge in [-0.05, 0) is 31.2 Å². The van der Waals surface area contributed by atoms with Gasteiger partial charge in [0.2, 0.25) is 0 Å². The van der Waals surface area contributed by atoms with E-state index in [0.717, 1.165) is 24.6 Å². The lowest BCUT2D eigenvalue weighted by atomic mass is 10.2. The minimum atomic E-state index is -4.60. The van der Waals surface area contributed by atoms with Gasteiger partial charge in [-0.2, -0.15) is 13.2 Å². The molecular formula is C13H18F3NO3S. The van der Waals surface area contributed by atoms with Crippen molar-refractivity contribution in [1.82, 2.24) is 5.32 Å². The maximum Gasteiger partial charge on any atom is 0.416 e. The fourth-order valence-corrected chi connectivity index (χ4v) is 3.13. The van der Waals surface area contributed by atoms with Crippen LogP contribution < -0.4 is 5.32 Å². The number of aliphatic hydroxyl groups is 1. The topological polar surface area (TPSA) is 66.4 Å². The van der Waals surface area contributed by atoms with Gasteiger partial charge in [0.25, 0.3) is 0 Å². The first-order valence-corrected chi connectivity index (χ1v) is 8.11. The van der Waals surface area contributed by atoms with E-state index in [4.69, 9.17) is 0 Å². The van der Waals surface area contributed by atoms with Crippen LogP contribution in [0.4, 0.5) is 13.2 Å². The number of hydrogen-bond acceptors (Lipinski definition) is 4. The van der Waals surface area contributed by atoms with Crippen molar-refractivity contribution < 1.29 is 26.7 Å². The Balaban J connectivity index is 2.83. The lowest BCUT2D eigenvalue weighted by Crippen LogP contribution is -2.33. The second-order valence-electron chi connectivity index (χ2n) is 4.66. The molecule has 4 nitrogen and oxygen atoms in total. The van der Waals surface area contributed by atoms with E-state index in [2.05, 4.69) is 5.32 Å². The average Bonchev–Trinajstić information content (AvgIpc) is 2.37. The van der Waals surface area contributed by atoms with Gasteiger partial charge in [0.15, 0.2) is 9.84 Å². The molecule has 0 aromatic heterocycles. The Hall–Kier alpha value is -1.12. The van der Waals surface area contributed by atoms with Crippen molar-refractivity contribution in [3.05, 3.63) is 29.8 Å². The minimum absolute atomic E-state index is 0.0754. The molecule has 0 spiro atoms. The fraction of sp³-hybridized carbons (Fsp3) is 0.538. The van der Waals surface area contributed by atoms with Crippen molar-refractivity contribution in [2.24, 2.45) is 0 Å². The van der Waals surface area contributed by atoms with Gasteiger partial charge in [0, 0.05) is 6.54 Å². The Morgan fingerprint density at radius 2 is 2.00 bits per heavy atom. The van der Waals surface area contributed by atoms with Crippen LogP contribution >= 0.6 is 0 Å². The molecule has 0 aliphatic carbocycles. The van der Waals surface area contributed by atoms with Gasteiger partial charge in [-0.1, -0.05) is 13.0 Å². The molecule has 0 fully saturated rings. The quantitative estimate of drug-likeness (QED) is 0.751. The Labute approximate surface area is 121 Å². The van der Waals surface area contributed by atoms with Crippen LogP contribution in [0.2, 0.25) is 0 Å². The molecule has 21 heavy (non-hydrogen) atoms. The fourth-order valence-electron chi connectivity index (χ4n) is 1.72. The van der Waals surface area contributed by atoms with Gasteiger partial charge < -0.3 is 10.4 Å². The summed E-state index contributed by atoms with van der Waals surface area (Å²) in [4.78, 5) is -0.438. The van der Waals surface area contributed by atoms with Crippen LogP contribution in [-0.4, -0.2) is 38.5 Å². The molecule has 120 valence electrons. The molecule has 1 atom stereocenters. The maximum absolute atomic E-state index is 12.6. The van der Waals surface area contributed by atoms with E-state index in [1.165, 1.54) is 0 Å². The Bertz CT molecular complexity index is 558. The highest BCUT2D eigenvalue weighted by atomic mass is 32.2. The van der Waals surface area contributed by atoms with Gasteiger partial charge in [0.1, 0.15) is 0 Å². The number of rotatable bonds is 7. The van der Waals surface area contributed by atoms with Crippen LogP contribution in [0.15, 0.2) is 29.2 Å². The molecule has 0 aliphatic heterocycles. The standard InChI is InChI=1S/C13H18F3NO3S/c1-2-6-17-8-11(18)9-21(19,20)12-5-3-4-10(7-12)13(14,15)16/h3-5,7,11,17-18H,2,6,8-9H2,1H3. The zero-order chi connectivity index (χ0) is 16.1. The summed E-state index contributed by atoms with van der Waals surface area (Å²) in [6.45, 7) is 2.62. The lowest BCUT2D eigenvalue weighted by Gasteiger charge is -2.13. The summed E-state index contributed by atoms with van der Waals surface area (Å²) in [7, 11) is -3.97. The van der Waals surface area contributed by atoms with Crippen molar-refractivity contribution in [1.29, 1.82) is 0 Å². The van der Waals surface area contributed by atoms with Crippen LogP contribution in [0.25, 0.3) is 0 Å². The van der Waals surface area contributed by atoms with Gasteiger partial charge in [-0.3, -0.25) is 0 Å². The summed E-state index contributed by atoms with van der Waals surface area (Å²) in [5, 5.41) is 12.5. The van der Waals surface area contributed by atoms with Crippen LogP contribution in [-0.2, 0) is 16.0 Å². The molecule has 2 N–H and O–H groups in total. The maximum atomic E-state index is 12.6. The van der Waals surface area contributed by atoms with Crippen molar-refractivity contribution in [3.63, 3.8) is 0 Å². The van der Waals surface area contributed by atoms with Crippen LogP contribution in [0.3, 0.4) is 0 Å². The van der Waals surface area contributed by atoms with Crippen LogP contribution in [0.5, 0.6) is 0 Å².